The van der Waals surface area contributed by atoms with Crippen LogP contribution in [0.5, 0.6) is 5.75 Å². The van der Waals surface area contributed by atoms with Crippen molar-refractivity contribution < 1.29 is 42.7 Å². The van der Waals surface area contributed by atoms with Gasteiger partial charge in [-0.25, -0.2) is 4.98 Å². The summed E-state index contributed by atoms with van der Waals surface area (Å²) in [4.78, 5) is 39.3. The molecule has 0 saturated heterocycles. The van der Waals surface area contributed by atoms with Gasteiger partial charge in [-0.15, -0.1) is 0 Å². The fourth-order valence-electron chi connectivity index (χ4n) is 6.21. The lowest BCUT2D eigenvalue weighted by molar-refractivity contribution is -0.120. The zero-order valence-electron chi connectivity index (χ0n) is 31.9. The van der Waals surface area contributed by atoms with Crippen LogP contribution >= 0.6 is 0 Å². The fourth-order valence-corrected chi connectivity index (χ4v) is 6.21. The number of carbonyl (C=O) groups excluding carboxylic acids is 2. The van der Waals surface area contributed by atoms with Crippen molar-refractivity contribution in [1.82, 2.24) is 20.6 Å². The Bertz CT molecular complexity index is 1380. The quantitative estimate of drug-likeness (QED) is 0.114. The molecule has 0 radical (unpaired) electrons. The number of hydrogen-bond donors (Lipinski definition) is 3. The van der Waals surface area contributed by atoms with Crippen LogP contribution in [-0.4, -0.2) is 147 Å². The van der Waals surface area contributed by atoms with E-state index in [1.54, 1.807) is 43.5 Å². The summed E-state index contributed by atoms with van der Waals surface area (Å²) < 4.78 is 38.5. The molecule has 16 nitrogen and oxygen atoms in total. The van der Waals surface area contributed by atoms with Gasteiger partial charge in [0, 0.05) is 31.7 Å². The van der Waals surface area contributed by atoms with E-state index in [4.69, 9.17) is 38.1 Å². The van der Waals surface area contributed by atoms with E-state index in [-0.39, 0.29) is 23.9 Å². The summed E-state index contributed by atoms with van der Waals surface area (Å²) in [6, 6.07) is 5.17. The van der Waals surface area contributed by atoms with Crippen LogP contribution in [0.3, 0.4) is 0 Å². The average Bonchev–Trinajstić information content (AvgIpc) is 3.71. The Balaban J connectivity index is 1.09. The lowest BCUT2D eigenvalue weighted by atomic mass is 10.0. The Morgan fingerprint density at radius 3 is 1.96 bits per heavy atom. The number of aromatic nitrogens is 2. The summed E-state index contributed by atoms with van der Waals surface area (Å²) in [5, 5.41) is 9.15. The van der Waals surface area contributed by atoms with Crippen molar-refractivity contribution >= 4 is 35.0 Å². The van der Waals surface area contributed by atoms with Crippen molar-refractivity contribution in [1.29, 1.82) is 0 Å². The first-order valence-electron chi connectivity index (χ1n) is 18.8. The predicted octanol–water partition coefficient (Wildman–Crippen LogP) is 2.78. The van der Waals surface area contributed by atoms with Gasteiger partial charge in [0.2, 0.25) is 11.9 Å². The van der Waals surface area contributed by atoms with Crippen LogP contribution < -0.4 is 30.5 Å². The Hall–Kier alpha value is -3.64. The molecule has 1 aromatic carbocycles. The zero-order valence-corrected chi connectivity index (χ0v) is 31.9. The van der Waals surface area contributed by atoms with Crippen LogP contribution in [-0.2, 0) is 33.2 Å². The van der Waals surface area contributed by atoms with Crippen LogP contribution in [0.2, 0.25) is 0 Å². The largest absolute Gasteiger partial charge is 0.495 e. The van der Waals surface area contributed by atoms with Crippen LogP contribution in [0.4, 0.5) is 23.1 Å². The van der Waals surface area contributed by atoms with Crippen molar-refractivity contribution in [3.8, 4) is 5.75 Å². The van der Waals surface area contributed by atoms with Crippen LogP contribution in [0, 0.1) is 0 Å². The lowest BCUT2D eigenvalue weighted by Crippen LogP contribution is -2.55. The standard InChI is InChI=1S/C37H59N7O9/c1-5-31-36(46)43(3)32-27-40-37(42-34(32)44(31)29-8-6-7-9-29)41-30-11-10-28(26-33(30)47-4)35(45)39-13-15-49-17-19-51-21-23-53-25-24-52-22-20-50-18-16-48-14-12-38-2/h10-11,26-27,29,31,38H,5-9,12-25H2,1-4H3,(H,39,45)(H,40,41,42)/t31-/m1/s1. The van der Waals surface area contributed by atoms with Gasteiger partial charge in [0.25, 0.3) is 5.91 Å². The molecule has 2 amide bonds. The van der Waals surface area contributed by atoms with E-state index in [1.165, 1.54) is 0 Å². The average molecular weight is 746 g/mol. The third-order valence-corrected chi connectivity index (χ3v) is 9.01. The predicted molar refractivity (Wildman–Crippen MR) is 202 cm³/mol. The molecule has 1 aliphatic heterocycles. The molecule has 3 N–H and O–H groups in total. The number of hydrogen-bond acceptors (Lipinski definition) is 14. The van der Waals surface area contributed by atoms with E-state index < -0.39 is 0 Å². The molecular formula is C37H59N7O9. The Kier molecular flexibility index (Phi) is 19.0. The molecule has 2 aromatic rings. The van der Waals surface area contributed by atoms with Gasteiger partial charge in [-0.3, -0.25) is 9.59 Å². The van der Waals surface area contributed by atoms with Crippen LogP contribution in [0.15, 0.2) is 24.4 Å². The number of nitrogens with one attached hydrogen (secondary N) is 3. The van der Waals surface area contributed by atoms with Crippen molar-refractivity contribution in [2.24, 2.45) is 0 Å². The van der Waals surface area contributed by atoms with E-state index in [0.29, 0.717) is 121 Å². The summed E-state index contributed by atoms with van der Waals surface area (Å²) in [5.74, 6) is 1.43. The highest BCUT2D eigenvalue weighted by Crippen LogP contribution is 2.40. The molecule has 1 aliphatic carbocycles. The number of rotatable bonds is 27. The third kappa shape index (κ3) is 13.3. The second-order valence-corrected chi connectivity index (χ2v) is 12.6. The van der Waals surface area contributed by atoms with E-state index in [1.807, 2.05) is 14.0 Å². The number of methoxy groups -OCH3 is 1. The van der Waals surface area contributed by atoms with Gasteiger partial charge in [0.05, 0.1) is 98.3 Å². The maximum Gasteiger partial charge on any atom is 0.251 e. The zero-order chi connectivity index (χ0) is 37.7. The van der Waals surface area contributed by atoms with E-state index in [0.717, 1.165) is 38.0 Å². The SMILES string of the molecule is CC[C@@H]1C(=O)N(C)c2cnc(Nc3ccc(C(=O)NCCOCCOCCOCCOCCOCCOCCNC)cc3OC)nc2N1C1CCCC1. The monoisotopic (exact) mass is 745 g/mol. The number of fused-ring (bicyclic) bond motifs is 1. The number of likely N-dealkylation sites (N-methyl/N-ethyl adjacent to an activating group) is 2. The lowest BCUT2D eigenvalue weighted by Gasteiger charge is -2.43. The molecule has 296 valence electrons. The highest BCUT2D eigenvalue weighted by Gasteiger charge is 2.41. The molecule has 0 unspecified atom stereocenters. The topological polar surface area (TPSA) is 167 Å². The van der Waals surface area contributed by atoms with Crippen molar-refractivity contribution in [3.63, 3.8) is 0 Å². The van der Waals surface area contributed by atoms with Crippen molar-refractivity contribution in [2.75, 3.05) is 129 Å². The first-order chi connectivity index (χ1) is 26.0. The summed E-state index contributed by atoms with van der Waals surface area (Å²) in [6.07, 6.45) is 6.76. The normalized spacial score (nSPS) is 15.9. The molecular weight excluding hydrogens is 686 g/mol. The molecule has 2 heterocycles. The van der Waals surface area contributed by atoms with Gasteiger partial charge in [0.1, 0.15) is 17.5 Å². The number of benzene rings is 1. The number of nitrogens with zero attached hydrogens (tertiary/aromatic N) is 4. The summed E-state index contributed by atoms with van der Waals surface area (Å²) in [5.41, 5.74) is 1.76. The van der Waals surface area contributed by atoms with E-state index >= 15 is 0 Å². The van der Waals surface area contributed by atoms with Gasteiger partial charge in [-0.1, -0.05) is 19.8 Å². The van der Waals surface area contributed by atoms with Crippen molar-refractivity contribution in [3.05, 3.63) is 30.0 Å². The number of amides is 2. The molecule has 0 bridgehead atoms. The van der Waals surface area contributed by atoms with E-state index in [9.17, 15) is 9.59 Å². The molecule has 2 aliphatic rings. The Morgan fingerprint density at radius 1 is 0.849 bits per heavy atom. The van der Waals surface area contributed by atoms with E-state index in [2.05, 4.69) is 25.8 Å². The fraction of sp³-hybridized carbons (Fsp3) is 0.676. The highest BCUT2D eigenvalue weighted by atomic mass is 16.6. The number of anilines is 4. The summed E-state index contributed by atoms with van der Waals surface area (Å²) >= 11 is 0. The minimum absolute atomic E-state index is 0.0686. The van der Waals surface area contributed by atoms with Crippen LogP contribution in [0.25, 0.3) is 0 Å². The maximum absolute atomic E-state index is 13.2. The Morgan fingerprint density at radius 2 is 1.42 bits per heavy atom. The second-order valence-electron chi connectivity index (χ2n) is 12.6. The molecule has 4 rings (SSSR count). The third-order valence-electron chi connectivity index (χ3n) is 9.01. The van der Waals surface area contributed by atoms with Gasteiger partial charge in [0.15, 0.2) is 5.82 Å². The number of ether oxygens (including phenoxy) is 7. The molecule has 53 heavy (non-hydrogen) atoms. The minimum Gasteiger partial charge on any atom is -0.495 e. The summed E-state index contributed by atoms with van der Waals surface area (Å²) in [7, 11) is 5.22. The molecule has 16 heteroatoms. The molecule has 0 spiro atoms. The second kappa shape index (κ2) is 23.9. The van der Waals surface area contributed by atoms with Gasteiger partial charge in [-0.05, 0) is 44.5 Å². The Labute approximate surface area is 313 Å². The molecule has 1 atom stereocenters. The molecule has 1 saturated carbocycles. The number of carbonyl (C=O) groups is 2. The first kappa shape index (κ1) is 42.1. The van der Waals surface area contributed by atoms with Crippen LogP contribution in [0.1, 0.15) is 49.4 Å². The minimum atomic E-state index is -0.256. The van der Waals surface area contributed by atoms with Gasteiger partial charge in [-0.2, -0.15) is 4.98 Å². The van der Waals surface area contributed by atoms with Gasteiger partial charge >= 0.3 is 0 Å². The maximum atomic E-state index is 13.2. The summed E-state index contributed by atoms with van der Waals surface area (Å²) in [6.45, 7) is 9.16. The molecule has 1 aromatic heterocycles. The van der Waals surface area contributed by atoms with Crippen molar-refractivity contribution in [2.45, 2.75) is 51.1 Å². The van der Waals surface area contributed by atoms with Gasteiger partial charge < -0.3 is 58.9 Å². The highest BCUT2D eigenvalue weighted by molar-refractivity contribution is 6.04. The first-order valence-corrected chi connectivity index (χ1v) is 18.8. The smallest absolute Gasteiger partial charge is 0.251 e. The molecule has 1 fully saturated rings.